The first-order chi connectivity index (χ1) is 12.3. The Kier molecular flexibility index (Phi) is 12.4. The summed E-state index contributed by atoms with van der Waals surface area (Å²) in [6.07, 6.45) is 1.34. The standard InChI is InChI=1S/C14H27N5O6S/c15-4-2-1-3-9(13(23)19-10(6-20)14(24)25)18-11(21)5-17-12(22)8(16)7-26/h8-10,20,26H,1-7,15-16H2,(H,17,22)(H,18,21)(H,19,23)(H,24,25). The van der Waals surface area contributed by atoms with E-state index in [9.17, 15) is 19.2 Å². The molecule has 3 unspecified atom stereocenters. The number of nitrogens with one attached hydrogen (secondary N) is 3. The lowest BCUT2D eigenvalue weighted by molar-refractivity contribution is -0.143. The lowest BCUT2D eigenvalue weighted by atomic mass is 10.1. The van der Waals surface area contributed by atoms with Crippen LogP contribution in [-0.2, 0) is 19.2 Å². The van der Waals surface area contributed by atoms with Gasteiger partial charge in [-0.05, 0) is 25.8 Å². The molecule has 0 aliphatic rings. The van der Waals surface area contributed by atoms with Crippen LogP contribution in [0, 0.1) is 0 Å². The summed E-state index contributed by atoms with van der Waals surface area (Å²) >= 11 is 3.87. The summed E-state index contributed by atoms with van der Waals surface area (Å²) in [5, 5.41) is 24.7. The Morgan fingerprint density at radius 2 is 1.69 bits per heavy atom. The molecule has 150 valence electrons. The summed E-state index contributed by atoms with van der Waals surface area (Å²) in [7, 11) is 0. The van der Waals surface area contributed by atoms with E-state index in [1.54, 1.807) is 0 Å². The molecule has 3 amide bonds. The van der Waals surface area contributed by atoms with Crippen molar-refractivity contribution < 1.29 is 29.4 Å². The number of aliphatic hydroxyl groups is 1. The quantitative estimate of drug-likeness (QED) is 0.117. The maximum atomic E-state index is 12.2. The second-order valence-corrected chi connectivity index (χ2v) is 5.86. The van der Waals surface area contributed by atoms with Crippen molar-refractivity contribution in [1.29, 1.82) is 0 Å². The zero-order chi connectivity index (χ0) is 20.1. The van der Waals surface area contributed by atoms with Crippen molar-refractivity contribution in [2.45, 2.75) is 37.4 Å². The van der Waals surface area contributed by atoms with E-state index < -0.39 is 55.0 Å². The van der Waals surface area contributed by atoms with Gasteiger partial charge in [0.05, 0.1) is 19.2 Å². The highest BCUT2D eigenvalue weighted by atomic mass is 32.1. The molecule has 0 heterocycles. The van der Waals surface area contributed by atoms with Gasteiger partial charge in [-0.3, -0.25) is 14.4 Å². The smallest absolute Gasteiger partial charge is 0.328 e. The topological polar surface area (TPSA) is 197 Å². The molecule has 0 spiro atoms. The Labute approximate surface area is 156 Å². The van der Waals surface area contributed by atoms with Crippen LogP contribution in [0.2, 0.25) is 0 Å². The number of aliphatic hydroxyl groups excluding tert-OH is 1. The molecule has 0 aliphatic carbocycles. The van der Waals surface area contributed by atoms with Crippen LogP contribution in [0.25, 0.3) is 0 Å². The van der Waals surface area contributed by atoms with Crippen LogP contribution >= 0.6 is 12.6 Å². The first-order valence-electron chi connectivity index (χ1n) is 8.04. The normalized spacial score (nSPS) is 14.0. The Morgan fingerprint density at radius 1 is 1.04 bits per heavy atom. The van der Waals surface area contributed by atoms with Crippen molar-refractivity contribution in [3.8, 4) is 0 Å². The fourth-order valence-electron chi connectivity index (χ4n) is 1.85. The maximum Gasteiger partial charge on any atom is 0.328 e. The van der Waals surface area contributed by atoms with Crippen molar-refractivity contribution in [3.63, 3.8) is 0 Å². The number of thiol groups is 1. The van der Waals surface area contributed by atoms with Crippen molar-refractivity contribution >= 4 is 36.3 Å². The molecule has 12 heteroatoms. The molecular formula is C14H27N5O6S. The Bertz CT molecular complexity index is 492. The van der Waals surface area contributed by atoms with Gasteiger partial charge in [0.15, 0.2) is 0 Å². The number of aliphatic carboxylic acids is 1. The maximum absolute atomic E-state index is 12.2. The minimum atomic E-state index is -1.48. The predicted molar refractivity (Wildman–Crippen MR) is 96.3 cm³/mol. The van der Waals surface area contributed by atoms with Gasteiger partial charge in [0.25, 0.3) is 0 Å². The van der Waals surface area contributed by atoms with E-state index in [-0.39, 0.29) is 12.2 Å². The van der Waals surface area contributed by atoms with Gasteiger partial charge in [-0.25, -0.2) is 4.79 Å². The van der Waals surface area contributed by atoms with Crippen LogP contribution in [0.5, 0.6) is 0 Å². The predicted octanol–water partition coefficient (Wildman–Crippen LogP) is -3.46. The number of carbonyl (C=O) groups excluding carboxylic acids is 3. The highest BCUT2D eigenvalue weighted by Gasteiger charge is 2.26. The lowest BCUT2D eigenvalue weighted by Crippen LogP contribution is -2.54. The first kappa shape index (κ1) is 24.1. The molecule has 0 aromatic rings. The third-order valence-corrected chi connectivity index (χ3v) is 3.75. The summed E-state index contributed by atoms with van der Waals surface area (Å²) in [6.45, 7) is -0.792. The molecule has 9 N–H and O–H groups in total. The van der Waals surface area contributed by atoms with Crippen LogP contribution < -0.4 is 27.4 Å². The molecule has 0 radical (unpaired) electrons. The third kappa shape index (κ3) is 9.56. The number of hydrogen-bond acceptors (Lipinski definition) is 8. The van der Waals surface area contributed by atoms with Gasteiger partial charge < -0.3 is 37.6 Å². The number of carbonyl (C=O) groups is 4. The van der Waals surface area contributed by atoms with Crippen LogP contribution in [0.1, 0.15) is 19.3 Å². The van der Waals surface area contributed by atoms with E-state index in [2.05, 4.69) is 28.6 Å². The van der Waals surface area contributed by atoms with Crippen LogP contribution in [0.4, 0.5) is 0 Å². The molecule has 0 rings (SSSR count). The molecule has 0 aromatic heterocycles. The number of carboxylic acid groups (broad SMARTS) is 1. The molecule has 0 saturated heterocycles. The van der Waals surface area contributed by atoms with Gasteiger partial charge in [-0.1, -0.05) is 0 Å². The van der Waals surface area contributed by atoms with Crippen LogP contribution in [-0.4, -0.2) is 77.5 Å². The van der Waals surface area contributed by atoms with Gasteiger partial charge >= 0.3 is 5.97 Å². The molecule has 3 atom stereocenters. The number of unbranched alkanes of at least 4 members (excludes halogenated alkanes) is 1. The zero-order valence-electron chi connectivity index (χ0n) is 14.3. The Morgan fingerprint density at radius 3 is 2.19 bits per heavy atom. The zero-order valence-corrected chi connectivity index (χ0v) is 15.2. The van der Waals surface area contributed by atoms with Crippen molar-refractivity contribution in [3.05, 3.63) is 0 Å². The van der Waals surface area contributed by atoms with Gasteiger partial charge in [0.2, 0.25) is 17.7 Å². The van der Waals surface area contributed by atoms with E-state index >= 15 is 0 Å². The van der Waals surface area contributed by atoms with Gasteiger partial charge in [0, 0.05) is 5.75 Å². The van der Waals surface area contributed by atoms with Crippen molar-refractivity contribution in [2.24, 2.45) is 11.5 Å². The van der Waals surface area contributed by atoms with E-state index in [1.165, 1.54) is 0 Å². The summed E-state index contributed by atoms with van der Waals surface area (Å²) in [5.74, 6) is -3.26. The number of carboxylic acids is 1. The second-order valence-electron chi connectivity index (χ2n) is 5.49. The first-order valence-corrected chi connectivity index (χ1v) is 8.67. The summed E-state index contributed by atoms with van der Waals surface area (Å²) in [6, 6.07) is -3.38. The number of nitrogens with two attached hydrogens (primary N) is 2. The number of amides is 3. The van der Waals surface area contributed by atoms with Crippen LogP contribution in [0.3, 0.4) is 0 Å². The van der Waals surface area contributed by atoms with Crippen LogP contribution in [0.15, 0.2) is 0 Å². The lowest BCUT2D eigenvalue weighted by Gasteiger charge is -2.21. The average molecular weight is 393 g/mol. The highest BCUT2D eigenvalue weighted by molar-refractivity contribution is 7.80. The monoisotopic (exact) mass is 393 g/mol. The van der Waals surface area contributed by atoms with E-state index in [4.69, 9.17) is 21.7 Å². The van der Waals surface area contributed by atoms with Crippen molar-refractivity contribution in [1.82, 2.24) is 16.0 Å². The summed E-state index contributed by atoms with van der Waals surface area (Å²) < 4.78 is 0. The highest BCUT2D eigenvalue weighted by Crippen LogP contribution is 2.02. The minimum absolute atomic E-state index is 0.106. The summed E-state index contributed by atoms with van der Waals surface area (Å²) in [4.78, 5) is 46.5. The van der Waals surface area contributed by atoms with E-state index in [0.29, 0.717) is 19.4 Å². The molecule has 26 heavy (non-hydrogen) atoms. The molecular weight excluding hydrogens is 366 g/mol. The van der Waals surface area contributed by atoms with Gasteiger partial charge in [0.1, 0.15) is 12.1 Å². The fraction of sp³-hybridized carbons (Fsp3) is 0.714. The molecule has 0 bridgehead atoms. The number of rotatable bonds is 13. The third-order valence-electron chi connectivity index (χ3n) is 3.35. The number of hydrogen-bond donors (Lipinski definition) is 8. The largest absolute Gasteiger partial charge is 0.480 e. The summed E-state index contributed by atoms with van der Waals surface area (Å²) in [5.41, 5.74) is 10.8. The average Bonchev–Trinajstić information content (AvgIpc) is 2.62. The second kappa shape index (κ2) is 13.3. The molecule has 11 nitrogen and oxygen atoms in total. The van der Waals surface area contributed by atoms with Gasteiger partial charge in [-0.15, -0.1) is 0 Å². The van der Waals surface area contributed by atoms with E-state index in [0.717, 1.165) is 0 Å². The molecule has 0 aliphatic heterocycles. The Balaban J connectivity index is 4.75. The molecule has 0 aromatic carbocycles. The fourth-order valence-corrected chi connectivity index (χ4v) is 2.01. The molecule has 0 fully saturated rings. The van der Waals surface area contributed by atoms with Gasteiger partial charge in [-0.2, -0.15) is 12.6 Å². The Hall–Kier alpha value is -1.89. The SMILES string of the molecule is NCCCCC(NC(=O)CNC(=O)C(N)CS)C(=O)NC(CO)C(=O)O. The van der Waals surface area contributed by atoms with E-state index in [1.807, 2.05) is 0 Å². The molecule has 0 saturated carbocycles. The minimum Gasteiger partial charge on any atom is -0.480 e. The van der Waals surface area contributed by atoms with Crippen molar-refractivity contribution in [2.75, 3.05) is 25.4 Å².